The molecule has 0 saturated heterocycles. The summed E-state index contributed by atoms with van der Waals surface area (Å²) >= 11 is 0. The van der Waals surface area contributed by atoms with Crippen LogP contribution in [0.1, 0.15) is 61.3 Å². The van der Waals surface area contributed by atoms with Gasteiger partial charge in [0.05, 0.1) is 0 Å². The fraction of sp³-hybridized carbons (Fsp3) is 0.800. The first-order valence-electron chi connectivity index (χ1n) is 7.06. The fourth-order valence-electron chi connectivity index (χ4n) is 0.653. The zero-order chi connectivity index (χ0) is 15.0. The van der Waals surface area contributed by atoms with Crippen molar-refractivity contribution < 1.29 is 4.79 Å². The van der Waals surface area contributed by atoms with E-state index in [9.17, 15) is 4.79 Å². The van der Waals surface area contributed by atoms with Crippen LogP contribution in [0, 0.1) is 5.41 Å². The Bertz CT molecular complexity index is 193. The lowest BCUT2D eigenvalue weighted by Gasteiger charge is -2.18. The summed E-state index contributed by atoms with van der Waals surface area (Å²) in [6.45, 7) is 16.7. The molecule has 0 aliphatic rings. The minimum absolute atomic E-state index is 0.395. The summed E-state index contributed by atoms with van der Waals surface area (Å²) in [6, 6.07) is 0. The van der Waals surface area contributed by atoms with Gasteiger partial charge in [-0.15, -0.1) is 0 Å². The second-order valence-corrected chi connectivity index (χ2v) is 4.48. The lowest BCUT2D eigenvalue weighted by atomic mass is 9.88. The van der Waals surface area contributed by atoms with Crippen molar-refractivity contribution in [2.45, 2.75) is 61.3 Å². The van der Waals surface area contributed by atoms with Gasteiger partial charge in [-0.1, -0.05) is 67.4 Å². The maximum absolute atomic E-state index is 10.1. The standard InChI is InChI=1S/C7H16.C6H12N2O.C2H6/c1-5-7(3,4)6-2;1-2-8-5-3-4-6(7)9;1-2/h5-6H2,1-4H3;3-4,8H,2,5H2,1H3,(H2,7,9);1-2H3/b;4-3+;. The molecule has 3 N–H and O–H groups in total. The van der Waals surface area contributed by atoms with E-state index in [1.165, 1.54) is 18.9 Å². The first-order valence-corrected chi connectivity index (χ1v) is 7.06. The van der Waals surface area contributed by atoms with E-state index in [-0.39, 0.29) is 0 Å². The molecule has 0 radical (unpaired) electrons. The number of rotatable bonds is 6. The Balaban J connectivity index is -0.000000225. The molecule has 3 heteroatoms. The highest BCUT2D eigenvalue weighted by Gasteiger charge is 2.09. The summed E-state index contributed by atoms with van der Waals surface area (Å²) in [4.78, 5) is 10.1. The number of amides is 1. The minimum atomic E-state index is -0.395. The van der Waals surface area contributed by atoms with Crippen LogP contribution in [-0.2, 0) is 4.79 Å². The first-order chi connectivity index (χ1) is 8.39. The molecule has 1 amide bonds. The van der Waals surface area contributed by atoms with Crippen molar-refractivity contribution in [2.24, 2.45) is 11.1 Å². The normalized spacial score (nSPS) is 10.2. The lowest BCUT2D eigenvalue weighted by Crippen LogP contribution is -2.13. The van der Waals surface area contributed by atoms with E-state index < -0.39 is 5.91 Å². The average Bonchev–Trinajstić information content (AvgIpc) is 2.38. The third kappa shape index (κ3) is 24.4. The molecule has 0 aliphatic carbocycles. The molecular weight excluding hydrogens is 224 g/mol. The van der Waals surface area contributed by atoms with E-state index in [2.05, 4.69) is 33.0 Å². The first kappa shape index (κ1) is 22.4. The zero-order valence-electron chi connectivity index (χ0n) is 13.5. The Morgan fingerprint density at radius 2 is 1.61 bits per heavy atom. The molecule has 0 aromatic carbocycles. The maximum Gasteiger partial charge on any atom is 0.241 e. The van der Waals surface area contributed by atoms with E-state index >= 15 is 0 Å². The predicted octanol–water partition coefficient (Wildman–Crippen LogP) is 3.50. The third-order valence-electron chi connectivity index (χ3n) is 2.71. The summed E-state index contributed by atoms with van der Waals surface area (Å²) in [7, 11) is 0. The fourth-order valence-corrected chi connectivity index (χ4v) is 0.653. The molecule has 0 aromatic rings. The second-order valence-electron chi connectivity index (χ2n) is 4.48. The van der Waals surface area contributed by atoms with Crippen molar-refractivity contribution in [2.75, 3.05) is 13.1 Å². The van der Waals surface area contributed by atoms with Gasteiger partial charge < -0.3 is 11.1 Å². The van der Waals surface area contributed by atoms with E-state index in [1.807, 2.05) is 20.8 Å². The van der Waals surface area contributed by atoms with Gasteiger partial charge in [0.15, 0.2) is 0 Å². The molecule has 0 unspecified atom stereocenters. The monoisotopic (exact) mass is 258 g/mol. The van der Waals surface area contributed by atoms with Crippen LogP contribution in [0.5, 0.6) is 0 Å². The number of primary amides is 1. The molecule has 0 fully saturated rings. The van der Waals surface area contributed by atoms with Crippen LogP contribution in [0.15, 0.2) is 12.2 Å². The van der Waals surface area contributed by atoms with Crippen molar-refractivity contribution in [1.82, 2.24) is 5.32 Å². The Hall–Kier alpha value is -0.830. The molecule has 110 valence electrons. The van der Waals surface area contributed by atoms with Gasteiger partial charge in [0.25, 0.3) is 0 Å². The maximum atomic E-state index is 10.1. The number of carbonyl (C=O) groups is 1. The van der Waals surface area contributed by atoms with E-state index in [1.54, 1.807) is 6.08 Å². The van der Waals surface area contributed by atoms with Crippen LogP contribution in [0.3, 0.4) is 0 Å². The number of carbonyl (C=O) groups excluding carboxylic acids is 1. The summed E-state index contributed by atoms with van der Waals surface area (Å²) in [5.74, 6) is -0.395. The van der Waals surface area contributed by atoms with Crippen molar-refractivity contribution in [3.63, 3.8) is 0 Å². The summed E-state index contributed by atoms with van der Waals surface area (Å²) < 4.78 is 0. The Morgan fingerprint density at radius 3 is 1.83 bits per heavy atom. The van der Waals surface area contributed by atoms with Crippen LogP contribution in [-0.4, -0.2) is 19.0 Å². The highest BCUT2D eigenvalue weighted by atomic mass is 16.1. The average molecular weight is 258 g/mol. The SMILES string of the molecule is CC.CCC(C)(C)CC.CCNC/C=C/C(N)=O. The van der Waals surface area contributed by atoms with Crippen molar-refractivity contribution in [1.29, 1.82) is 0 Å². The molecule has 0 saturated carbocycles. The molecule has 0 bridgehead atoms. The van der Waals surface area contributed by atoms with E-state index in [0.717, 1.165) is 6.54 Å². The summed E-state index contributed by atoms with van der Waals surface area (Å²) in [5, 5.41) is 3.01. The summed E-state index contributed by atoms with van der Waals surface area (Å²) in [5.41, 5.74) is 5.40. The largest absolute Gasteiger partial charge is 0.366 e. The third-order valence-corrected chi connectivity index (χ3v) is 2.71. The predicted molar refractivity (Wildman–Crippen MR) is 82.6 cm³/mol. The van der Waals surface area contributed by atoms with Crippen LogP contribution < -0.4 is 11.1 Å². The zero-order valence-corrected chi connectivity index (χ0v) is 13.5. The van der Waals surface area contributed by atoms with Gasteiger partial charge in [0.1, 0.15) is 0 Å². The molecular formula is C15H34N2O. The van der Waals surface area contributed by atoms with Gasteiger partial charge in [-0.2, -0.15) is 0 Å². The van der Waals surface area contributed by atoms with Crippen LogP contribution in [0.2, 0.25) is 0 Å². The quantitative estimate of drug-likeness (QED) is 0.566. The number of likely N-dealkylation sites (N-methyl/N-ethyl adjacent to an activating group) is 1. The lowest BCUT2D eigenvalue weighted by molar-refractivity contribution is -0.113. The van der Waals surface area contributed by atoms with Gasteiger partial charge in [-0.3, -0.25) is 4.79 Å². The molecule has 3 nitrogen and oxygen atoms in total. The van der Waals surface area contributed by atoms with Crippen molar-refractivity contribution >= 4 is 5.91 Å². The van der Waals surface area contributed by atoms with Gasteiger partial charge in [0, 0.05) is 6.54 Å². The number of hydrogen-bond acceptors (Lipinski definition) is 2. The molecule has 0 heterocycles. The second kappa shape index (κ2) is 16.2. The van der Waals surface area contributed by atoms with Crippen molar-refractivity contribution in [3.05, 3.63) is 12.2 Å². The number of hydrogen-bond donors (Lipinski definition) is 2. The Kier molecular flexibility index (Phi) is 20.1. The summed E-state index contributed by atoms with van der Waals surface area (Å²) in [6.07, 6.45) is 5.64. The number of nitrogens with one attached hydrogen (secondary N) is 1. The molecule has 0 atom stereocenters. The van der Waals surface area contributed by atoms with E-state index in [0.29, 0.717) is 12.0 Å². The van der Waals surface area contributed by atoms with Gasteiger partial charge in [0.2, 0.25) is 5.91 Å². The minimum Gasteiger partial charge on any atom is -0.366 e. The van der Waals surface area contributed by atoms with Gasteiger partial charge in [-0.05, 0) is 18.0 Å². The highest BCUT2D eigenvalue weighted by molar-refractivity contribution is 5.85. The highest BCUT2D eigenvalue weighted by Crippen LogP contribution is 2.22. The topological polar surface area (TPSA) is 55.1 Å². The van der Waals surface area contributed by atoms with Crippen LogP contribution in [0.25, 0.3) is 0 Å². The van der Waals surface area contributed by atoms with Crippen molar-refractivity contribution in [3.8, 4) is 0 Å². The Labute approximate surface area is 114 Å². The van der Waals surface area contributed by atoms with Crippen LogP contribution in [0.4, 0.5) is 0 Å². The molecule has 0 aliphatic heterocycles. The van der Waals surface area contributed by atoms with Gasteiger partial charge in [-0.25, -0.2) is 0 Å². The molecule has 0 aromatic heterocycles. The molecule has 0 rings (SSSR count). The van der Waals surface area contributed by atoms with Crippen LogP contribution >= 0.6 is 0 Å². The molecule has 0 spiro atoms. The van der Waals surface area contributed by atoms with E-state index in [4.69, 9.17) is 5.73 Å². The molecule has 18 heavy (non-hydrogen) atoms. The number of nitrogens with two attached hydrogens (primary N) is 1. The smallest absolute Gasteiger partial charge is 0.241 e. The van der Waals surface area contributed by atoms with Gasteiger partial charge >= 0.3 is 0 Å². The Morgan fingerprint density at radius 1 is 1.17 bits per heavy atom.